The minimum Gasteiger partial charge on any atom is -0.347 e. The average Bonchev–Trinajstić information content (AvgIpc) is 2.67. The first-order valence-corrected chi connectivity index (χ1v) is 7.91. The fourth-order valence-corrected chi connectivity index (χ4v) is 2.39. The summed E-state index contributed by atoms with van der Waals surface area (Å²) >= 11 is 0. The molecule has 0 spiro atoms. The van der Waals surface area contributed by atoms with Crippen molar-refractivity contribution in [2.24, 2.45) is 0 Å². The third-order valence-electron chi connectivity index (χ3n) is 3.88. The van der Waals surface area contributed by atoms with E-state index in [1.165, 1.54) is 12.1 Å². The molecule has 0 fully saturated rings. The number of hydrogen-bond acceptors (Lipinski definition) is 3. The molecule has 1 amide bonds. The van der Waals surface area contributed by atoms with Gasteiger partial charge in [0.2, 0.25) is 0 Å². The molecule has 0 radical (unpaired) electrons. The van der Waals surface area contributed by atoms with Crippen molar-refractivity contribution in [3.8, 4) is 0 Å². The standard InChI is InChI=1S/C20H18FN3O/c1-24(17-5-3-2-4-6-17)18-11-12-19(22-14-18)20(25)23-13-15-7-9-16(21)10-8-15/h2-12,14H,13H2,1H3,(H,23,25). The molecule has 1 aromatic heterocycles. The Labute approximate surface area is 145 Å². The van der Waals surface area contributed by atoms with E-state index in [4.69, 9.17) is 0 Å². The number of amides is 1. The summed E-state index contributed by atoms with van der Waals surface area (Å²) in [6, 6.07) is 19.5. The van der Waals surface area contributed by atoms with Gasteiger partial charge in [-0.1, -0.05) is 30.3 Å². The summed E-state index contributed by atoms with van der Waals surface area (Å²) in [6.45, 7) is 0.326. The number of para-hydroxylation sites is 1. The highest BCUT2D eigenvalue weighted by Gasteiger charge is 2.09. The van der Waals surface area contributed by atoms with Crippen LogP contribution in [0.4, 0.5) is 15.8 Å². The Balaban J connectivity index is 1.63. The molecule has 0 aliphatic rings. The number of benzene rings is 2. The van der Waals surface area contributed by atoms with Crippen molar-refractivity contribution in [2.45, 2.75) is 6.54 Å². The zero-order valence-corrected chi connectivity index (χ0v) is 13.8. The maximum absolute atomic E-state index is 12.9. The van der Waals surface area contributed by atoms with E-state index in [1.54, 1.807) is 24.4 Å². The van der Waals surface area contributed by atoms with E-state index in [2.05, 4.69) is 10.3 Å². The number of aromatic nitrogens is 1. The molecule has 25 heavy (non-hydrogen) atoms. The van der Waals surface area contributed by atoms with Crippen LogP contribution < -0.4 is 10.2 Å². The summed E-state index contributed by atoms with van der Waals surface area (Å²) < 4.78 is 12.9. The molecule has 1 heterocycles. The second kappa shape index (κ2) is 7.57. The number of anilines is 2. The lowest BCUT2D eigenvalue weighted by Gasteiger charge is -2.19. The summed E-state index contributed by atoms with van der Waals surface area (Å²) in [6.07, 6.45) is 1.67. The van der Waals surface area contributed by atoms with Gasteiger partial charge in [0.05, 0.1) is 11.9 Å². The SMILES string of the molecule is CN(c1ccccc1)c1ccc(C(=O)NCc2ccc(F)cc2)nc1. The Morgan fingerprint density at radius 3 is 2.36 bits per heavy atom. The first kappa shape index (κ1) is 16.6. The molecule has 0 saturated heterocycles. The van der Waals surface area contributed by atoms with E-state index in [0.717, 1.165) is 16.9 Å². The number of hydrogen-bond donors (Lipinski definition) is 1. The number of rotatable bonds is 5. The molecular formula is C20H18FN3O. The first-order valence-electron chi connectivity index (χ1n) is 7.91. The van der Waals surface area contributed by atoms with Crippen LogP contribution in [0.1, 0.15) is 16.1 Å². The molecule has 3 aromatic rings. The Kier molecular flexibility index (Phi) is 5.04. The summed E-state index contributed by atoms with van der Waals surface area (Å²) in [5, 5.41) is 2.78. The molecule has 5 heteroatoms. The molecule has 2 aromatic carbocycles. The van der Waals surface area contributed by atoms with Gasteiger partial charge in [-0.15, -0.1) is 0 Å². The number of nitrogens with one attached hydrogen (secondary N) is 1. The predicted molar refractivity (Wildman–Crippen MR) is 96.3 cm³/mol. The van der Waals surface area contributed by atoms with E-state index in [1.807, 2.05) is 48.3 Å². The minimum absolute atomic E-state index is 0.266. The van der Waals surface area contributed by atoms with Crippen molar-refractivity contribution >= 4 is 17.3 Å². The Morgan fingerprint density at radius 2 is 1.72 bits per heavy atom. The topological polar surface area (TPSA) is 45.2 Å². The first-order chi connectivity index (χ1) is 12.1. The highest BCUT2D eigenvalue weighted by atomic mass is 19.1. The van der Waals surface area contributed by atoms with E-state index in [0.29, 0.717) is 12.2 Å². The lowest BCUT2D eigenvalue weighted by Crippen LogP contribution is -2.24. The van der Waals surface area contributed by atoms with Crippen molar-refractivity contribution in [1.29, 1.82) is 0 Å². The number of carbonyl (C=O) groups is 1. The zero-order chi connectivity index (χ0) is 17.6. The number of pyridine rings is 1. The van der Waals surface area contributed by atoms with Gasteiger partial charge in [-0.25, -0.2) is 9.37 Å². The van der Waals surface area contributed by atoms with Crippen LogP contribution in [0.5, 0.6) is 0 Å². The molecule has 0 aliphatic heterocycles. The Morgan fingerprint density at radius 1 is 1.00 bits per heavy atom. The fourth-order valence-electron chi connectivity index (χ4n) is 2.39. The molecule has 4 nitrogen and oxygen atoms in total. The molecule has 1 N–H and O–H groups in total. The maximum Gasteiger partial charge on any atom is 0.270 e. The number of halogens is 1. The second-order valence-corrected chi connectivity index (χ2v) is 5.61. The van der Waals surface area contributed by atoms with E-state index in [9.17, 15) is 9.18 Å². The lowest BCUT2D eigenvalue weighted by atomic mass is 10.2. The van der Waals surface area contributed by atoms with Gasteiger partial charge in [0, 0.05) is 19.3 Å². The van der Waals surface area contributed by atoms with Crippen LogP contribution in [0, 0.1) is 5.82 Å². The summed E-state index contributed by atoms with van der Waals surface area (Å²) in [7, 11) is 1.95. The Hall–Kier alpha value is -3.21. The summed E-state index contributed by atoms with van der Waals surface area (Å²) in [5.41, 5.74) is 3.10. The third-order valence-corrected chi connectivity index (χ3v) is 3.88. The smallest absolute Gasteiger partial charge is 0.270 e. The monoisotopic (exact) mass is 335 g/mol. The normalized spacial score (nSPS) is 10.3. The van der Waals surface area contributed by atoms with Gasteiger partial charge in [0.25, 0.3) is 5.91 Å². The summed E-state index contributed by atoms with van der Waals surface area (Å²) in [5.74, 6) is -0.562. The fraction of sp³-hybridized carbons (Fsp3) is 0.100. The van der Waals surface area contributed by atoms with Gasteiger partial charge in [0.15, 0.2) is 0 Å². The van der Waals surface area contributed by atoms with Gasteiger partial charge < -0.3 is 10.2 Å². The highest BCUT2D eigenvalue weighted by Crippen LogP contribution is 2.22. The van der Waals surface area contributed by atoms with Gasteiger partial charge in [0.1, 0.15) is 11.5 Å². The summed E-state index contributed by atoms with van der Waals surface area (Å²) in [4.78, 5) is 18.4. The van der Waals surface area contributed by atoms with E-state index in [-0.39, 0.29) is 11.7 Å². The van der Waals surface area contributed by atoms with Crippen LogP contribution in [-0.4, -0.2) is 17.9 Å². The molecule has 0 bridgehead atoms. The quantitative estimate of drug-likeness (QED) is 0.769. The van der Waals surface area contributed by atoms with E-state index < -0.39 is 0 Å². The molecule has 0 atom stereocenters. The highest BCUT2D eigenvalue weighted by molar-refractivity contribution is 5.92. The third kappa shape index (κ3) is 4.20. The van der Waals surface area contributed by atoms with Gasteiger partial charge in [-0.3, -0.25) is 4.79 Å². The van der Waals surface area contributed by atoms with Crippen molar-refractivity contribution in [3.05, 3.63) is 90.0 Å². The minimum atomic E-state index is -0.296. The molecule has 3 rings (SSSR count). The van der Waals surface area contributed by atoms with Crippen molar-refractivity contribution in [3.63, 3.8) is 0 Å². The molecule has 126 valence electrons. The lowest BCUT2D eigenvalue weighted by molar-refractivity contribution is 0.0946. The van der Waals surface area contributed by atoms with Crippen LogP contribution in [-0.2, 0) is 6.54 Å². The zero-order valence-electron chi connectivity index (χ0n) is 13.8. The maximum atomic E-state index is 12.9. The number of carbonyl (C=O) groups excluding carboxylic acids is 1. The van der Waals surface area contributed by atoms with Crippen LogP contribution >= 0.6 is 0 Å². The van der Waals surface area contributed by atoms with Crippen LogP contribution in [0.3, 0.4) is 0 Å². The van der Waals surface area contributed by atoms with Gasteiger partial charge in [-0.2, -0.15) is 0 Å². The largest absolute Gasteiger partial charge is 0.347 e. The van der Waals surface area contributed by atoms with Crippen molar-refractivity contribution in [2.75, 3.05) is 11.9 Å². The molecule has 0 aliphatic carbocycles. The van der Waals surface area contributed by atoms with Crippen LogP contribution in [0.25, 0.3) is 0 Å². The van der Waals surface area contributed by atoms with Crippen molar-refractivity contribution < 1.29 is 9.18 Å². The predicted octanol–water partition coefficient (Wildman–Crippen LogP) is 3.92. The molecule has 0 saturated carbocycles. The van der Waals surface area contributed by atoms with Crippen molar-refractivity contribution in [1.82, 2.24) is 10.3 Å². The van der Waals surface area contributed by atoms with Gasteiger partial charge >= 0.3 is 0 Å². The van der Waals surface area contributed by atoms with Crippen LogP contribution in [0.2, 0.25) is 0 Å². The second-order valence-electron chi connectivity index (χ2n) is 5.61. The number of nitrogens with zero attached hydrogens (tertiary/aromatic N) is 2. The average molecular weight is 335 g/mol. The van der Waals surface area contributed by atoms with Crippen LogP contribution in [0.15, 0.2) is 72.9 Å². The van der Waals surface area contributed by atoms with Gasteiger partial charge in [-0.05, 0) is 42.0 Å². The molecule has 0 unspecified atom stereocenters. The Bertz CT molecular complexity index is 833. The molecular weight excluding hydrogens is 317 g/mol. The van der Waals surface area contributed by atoms with E-state index >= 15 is 0 Å².